The topological polar surface area (TPSA) is 38.8 Å². The number of benzene rings is 1. The molecule has 2 heterocycles. The summed E-state index contributed by atoms with van der Waals surface area (Å²) in [5.41, 5.74) is 3.41. The maximum absolute atomic E-state index is 13.2. The number of nitrogens with zero attached hydrogens (tertiary/aromatic N) is 1. The van der Waals surface area contributed by atoms with Crippen LogP contribution in [0, 0.1) is 13.8 Å². The maximum Gasteiger partial charge on any atom is 0.233 e. The molecule has 1 unspecified atom stereocenters. The third kappa shape index (κ3) is 2.66. The first kappa shape index (κ1) is 16.1. The number of carbonyl (C=O) groups excluding carboxylic acids is 1. The standard InChI is InChI=1S/C20H27NO3/c1-14-10-15(2)12-17(11-14)19(4-5-19)18(22)21-8-6-20(7-9-21)23-13-16(3)24-20/h10-12,16H,4-9,13H2,1-3H3. The molecule has 3 aliphatic rings. The van der Waals surface area contributed by atoms with Crippen LogP contribution in [0.15, 0.2) is 18.2 Å². The second-order valence-electron chi connectivity index (χ2n) is 7.90. The Balaban J connectivity index is 1.48. The van der Waals surface area contributed by atoms with E-state index >= 15 is 0 Å². The molecule has 1 aromatic carbocycles. The molecule has 1 saturated carbocycles. The number of rotatable bonds is 2. The Morgan fingerprint density at radius 1 is 1.08 bits per heavy atom. The summed E-state index contributed by atoms with van der Waals surface area (Å²) in [6.45, 7) is 8.40. The van der Waals surface area contributed by atoms with Crippen LogP contribution < -0.4 is 0 Å². The van der Waals surface area contributed by atoms with Gasteiger partial charge in [-0.15, -0.1) is 0 Å². The molecule has 2 aliphatic heterocycles. The fraction of sp³-hybridized carbons (Fsp3) is 0.650. The van der Waals surface area contributed by atoms with Crippen molar-refractivity contribution in [3.05, 3.63) is 34.9 Å². The highest BCUT2D eigenvalue weighted by atomic mass is 16.7. The predicted octanol–water partition coefficient (Wildman–Crippen LogP) is 3.09. The van der Waals surface area contributed by atoms with E-state index in [0.717, 1.165) is 38.8 Å². The van der Waals surface area contributed by atoms with Crippen LogP contribution >= 0.6 is 0 Å². The zero-order valence-electron chi connectivity index (χ0n) is 14.9. The van der Waals surface area contributed by atoms with Gasteiger partial charge in [-0.2, -0.15) is 0 Å². The Morgan fingerprint density at radius 2 is 1.71 bits per heavy atom. The van der Waals surface area contributed by atoms with Gasteiger partial charge in [-0.1, -0.05) is 29.3 Å². The SMILES string of the molecule is Cc1cc(C)cc(C2(C(=O)N3CCC4(CC3)OCC(C)O4)CC2)c1. The third-order valence-corrected chi connectivity index (χ3v) is 5.74. The Labute approximate surface area is 144 Å². The number of hydrogen-bond donors (Lipinski definition) is 0. The van der Waals surface area contributed by atoms with Crippen LogP contribution in [0.25, 0.3) is 0 Å². The fourth-order valence-corrected chi connectivity index (χ4v) is 4.32. The Kier molecular flexibility index (Phi) is 3.73. The second kappa shape index (κ2) is 5.57. The summed E-state index contributed by atoms with van der Waals surface area (Å²) < 4.78 is 11.9. The minimum absolute atomic E-state index is 0.164. The van der Waals surface area contributed by atoms with Crippen LogP contribution in [0.4, 0.5) is 0 Å². The average Bonchev–Trinajstić information content (AvgIpc) is 3.27. The minimum atomic E-state index is -0.438. The minimum Gasteiger partial charge on any atom is -0.347 e. The van der Waals surface area contributed by atoms with Crippen molar-refractivity contribution in [2.75, 3.05) is 19.7 Å². The van der Waals surface area contributed by atoms with Crippen LogP contribution in [0.5, 0.6) is 0 Å². The Hall–Kier alpha value is -1.39. The smallest absolute Gasteiger partial charge is 0.233 e. The van der Waals surface area contributed by atoms with Crippen molar-refractivity contribution in [2.24, 2.45) is 0 Å². The lowest BCUT2D eigenvalue weighted by Gasteiger charge is -2.39. The van der Waals surface area contributed by atoms with Crippen molar-refractivity contribution in [1.82, 2.24) is 4.90 Å². The number of aryl methyl sites for hydroxylation is 2. The summed E-state index contributed by atoms with van der Waals surface area (Å²) >= 11 is 0. The van der Waals surface area contributed by atoms with Gasteiger partial charge in [-0.3, -0.25) is 4.79 Å². The van der Waals surface area contributed by atoms with Gasteiger partial charge in [0.2, 0.25) is 5.91 Å². The van der Waals surface area contributed by atoms with Gasteiger partial charge in [0.25, 0.3) is 0 Å². The number of amides is 1. The molecule has 0 bridgehead atoms. The van der Waals surface area contributed by atoms with Crippen LogP contribution in [0.3, 0.4) is 0 Å². The number of piperidine rings is 1. The van der Waals surface area contributed by atoms with Gasteiger partial charge in [0.15, 0.2) is 5.79 Å². The van der Waals surface area contributed by atoms with E-state index in [4.69, 9.17) is 9.47 Å². The number of carbonyl (C=O) groups is 1. The van der Waals surface area contributed by atoms with E-state index in [9.17, 15) is 4.79 Å². The molecule has 0 radical (unpaired) electrons. The summed E-state index contributed by atoms with van der Waals surface area (Å²) in [5.74, 6) is -0.138. The van der Waals surface area contributed by atoms with Crippen molar-refractivity contribution in [3.8, 4) is 0 Å². The molecular formula is C20H27NO3. The molecule has 4 rings (SSSR count). The van der Waals surface area contributed by atoms with Gasteiger partial charge in [0, 0.05) is 25.9 Å². The van der Waals surface area contributed by atoms with Crippen LogP contribution in [-0.4, -0.2) is 42.4 Å². The molecule has 1 spiro atoms. The molecular weight excluding hydrogens is 302 g/mol. The summed E-state index contributed by atoms with van der Waals surface area (Å²) in [6, 6.07) is 6.55. The zero-order valence-corrected chi connectivity index (χ0v) is 14.9. The Bertz CT molecular complexity index is 637. The summed E-state index contributed by atoms with van der Waals surface area (Å²) in [4.78, 5) is 15.3. The molecule has 4 nitrogen and oxygen atoms in total. The first-order chi connectivity index (χ1) is 11.4. The Morgan fingerprint density at radius 3 is 2.21 bits per heavy atom. The van der Waals surface area contributed by atoms with E-state index in [0.29, 0.717) is 12.5 Å². The molecule has 1 aromatic rings. The van der Waals surface area contributed by atoms with E-state index in [1.807, 2.05) is 11.8 Å². The van der Waals surface area contributed by atoms with E-state index in [1.54, 1.807) is 0 Å². The van der Waals surface area contributed by atoms with Crippen molar-refractivity contribution in [1.29, 1.82) is 0 Å². The highest BCUT2D eigenvalue weighted by Gasteiger charge is 2.54. The molecule has 4 heteroatoms. The lowest BCUT2D eigenvalue weighted by molar-refractivity contribution is -0.195. The number of likely N-dealkylation sites (tertiary alicyclic amines) is 1. The lowest BCUT2D eigenvalue weighted by Crippen LogP contribution is -2.50. The van der Waals surface area contributed by atoms with E-state index in [1.165, 1.54) is 16.7 Å². The molecule has 24 heavy (non-hydrogen) atoms. The molecule has 1 amide bonds. The quantitative estimate of drug-likeness (QED) is 0.837. The highest BCUT2D eigenvalue weighted by molar-refractivity contribution is 5.91. The first-order valence-corrected chi connectivity index (χ1v) is 9.12. The van der Waals surface area contributed by atoms with E-state index in [2.05, 4.69) is 32.0 Å². The third-order valence-electron chi connectivity index (χ3n) is 5.74. The van der Waals surface area contributed by atoms with Crippen LogP contribution in [0.2, 0.25) is 0 Å². The molecule has 0 aromatic heterocycles. The van der Waals surface area contributed by atoms with E-state index in [-0.39, 0.29) is 11.5 Å². The van der Waals surface area contributed by atoms with Crippen molar-refractivity contribution in [2.45, 2.75) is 63.8 Å². The average molecular weight is 329 g/mol. The van der Waals surface area contributed by atoms with Gasteiger partial charge in [0.05, 0.1) is 18.1 Å². The fourth-order valence-electron chi connectivity index (χ4n) is 4.32. The van der Waals surface area contributed by atoms with Crippen molar-refractivity contribution < 1.29 is 14.3 Å². The lowest BCUT2D eigenvalue weighted by atomic mass is 9.90. The molecule has 0 N–H and O–H groups in total. The van der Waals surface area contributed by atoms with Crippen LogP contribution in [-0.2, 0) is 19.7 Å². The summed E-state index contributed by atoms with van der Waals surface area (Å²) in [5, 5.41) is 0. The number of hydrogen-bond acceptors (Lipinski definition) is 3. The monoisotopic (exact) mass is 329 g/mol. The second-order valence-corrected chi connectivity index (χ2v) is 7.90. The molecule has 1 aliphatic carbocycles. The van der Waals surface area contributed by atoms with E-state index < -0.39 is 5.79 Å². The van der Waals surface area contributed by atoms with Crippen LogP contribution in [0.1, 0.15) is 49.3 Å². The predicted molar refractivity (Wildman–Crippen MR) is 91.9 cm³/mol. The van der Waals surface area contributed by atoms with Crippen molar-refractivity contribution >= 4 is 5.91 Å². The zero-order chi connectivity index (χ0) is 16.9. The van der Waals surface area contributed by atoms with Gasteiger partial charge in [-0.25, -0.2) is 0 Å². The molecule has 130 valence electrons. The molecule has 3 fully saturated rings. The molecule has 2 saturated heterocycles. The summed E-state index contributed by atoms with van der Waals surface area (Å²) in [6.07, 6.45) is 3.68. The molecule has 1 atom stereocenters. The van der Waals surface area contributed by atoms with Gasteiger partial charge >= 0.3 is 0 Å². The summed E-state index contributed by atoms with van der Waals surface area (Å²) in [7, 11) is 0. The van der Waals surface area contributed by atoms with Crippen molar-refractivity contribution in [3.63, 3.8) is 0 Å². The van der Waals surface area contributed by atoms with Gasteiger partial charge in [-0.05, 0) is 39.2 Å². The maximum atomic E-state index is 13.2. The van der Waals surface area contributed by atoms with Gasteiger partial charge < -0.3 is 14.4 Å². The largest absolute Gasteiger partial charge is 0.347 e. The normalized spacial score (nSPS) is 27.5. The number of ether oxygens (including phenoxy) is 2. The highest BCUT2D eigenvalue weighted by Crippen LogP contribution is 2.50. The first-order valence-electron chi connectivity index (χ1n) is 9.12. The van der Waals surface area contributed by atoms with Gasteiger partial charge in [0.1, 0.15) is 0 Å².